The summed E-state index contributed by atoms with van der Waals surface area (Å²) in [6.45, 7) is 6.94. The van der Waals surface area contributed by atoms with Crippen LogP contribution in [0.25, 0.3) is 0 Å². The highest BCUT2D eigenvalue weighted by Gasteiger charge is 2.65. The predicted molar refractivity (Wildman–Crippen MR) is 65.8 cm³/mol. The fraction of sp³-hybridized carbons (Fsp3) is 0.923. The Morgan fingerprint density at radius 1 is 1.00 bits per heavy atom. The molecule has 3 aliphatic rings. The van der Waals surface area contributed by atoms with Crippen molar-refractivity contribution in [2.75, 3.05) is 6.61 Å². The van der Waals surface area contributed by atoms with Gasteiger partial charge in [0.2, 0.25) is 0 Å². The van der Waals surface area contributed by atoms with Gasteiger partial charge in [-0.2, -0.15) is 0 Å². The monoisotopic (exact) mass is 304 g/mol. The zero-order valence-electron chi connectivity index (χ0n) is 12.4. The maximum Gasteiger partial charge on any atom is 0.369 e. The molecule has 120 valence electrons. The van der Waals surface area contributed by atoms with Gasteiger partial charge in [-0.1, -0.05) is 0 Å². The lowest BCUT2D eigenvalue weighted by Gasteiger charge is -2.39. The van der Waals surface area contributed by atoms with Gasteiger partial charge in [0, 0.05) is 0 Å². The van der Waals surface area contributed by atoms with Crippen molar-refractivity contribution >= 4 is 5.97 Å². The average Bonchev–Trinajstić information content (AvgIpc) is 2.84. The van der Waals surface area contributed by atoms with Crippen molar-refractivity contribution in [3.8, 4) is 0 Å². The van der Waals surface area contributed by atoms with Crippen molar-refractivity contribution in [2.45, 2.75) is 69.5 Å². The number of carbonyl (C=O) groups excluding carboxylic acids is 1. The van der Waals surface area contributed by atoms with Crippen LogP contribution in [0.5, 0.6) is 0 Å². The summed E-state index contributed by atoms with van der Waals surface area (Å²) in [5.74, 6) is -5.78. The van der Waals surface area contributed by atoms with E-state index in [0.717, 1.165) is 0 Å². The highest BCUT2D eigenvalue weighted by Crippen LogP contribution is 2.42. The molecule has 0 aliphatic carbocycles. The van der Waals surface area contributed by atoms with Crippen molar-refractivity contribution in [2.24, 2.45) is 0 Å². The highest BCUT2D eigenvalue weighted by molar-refractivity contribution is 5.79. The van der Waals surface area contributed by atoms with Crippen LogP contribution in [-0.2, 0) is 28.5 Å². The predicted octanol–water partition coefficient (Wildman–Crippen LogP) is -0.736. The van der Waals surface area contributed by atoms with E-state index in [9.17, 15) is 15.0 Å². The fourth-order valence-corrected chi connectivity index (χ4v) is 2.90. The molecular weight excluding hydrogens is 284 g/mol. The van der Waals surface area contributed by atoms with E-state index in [1.807, 2.05) is 0 Å². The maximum atomic E-state index is 11.8. The van der Waals surface area contributed by atoms with Gasteiger partial charge < -0.3 is 33.9 Å². The van der Waals surface area contributed by atoms with E-state index in [1.165, 1.54) is 0 Å². The third-order valence-corrected chi connectivity index (χ3v) is 3.79. The van der Waals surface area contributed by atoms with Crippen LogP contribution in [0.3, 0.4) is 0 Å². The number of rotatable bonds is 1. The van der Waals surface area contributed by atoms with Crippen LogP contribution in [0.4, 0.5) is 0 Å². The topological polar surface area (TPSA) is 104 Å². The Hall–Kier alpha value is -0.770. The molecule has 3 saturated heterocycles. The Labute approximate surface area is 121 Å². The summed E-state index contributed by atoms with van der Waals surface area (Å²) in [6.07, 6.45) is -3.50. The molecule has 3 fully saturated rings. The van der Waals surface area contributed by atoms with Gasteiger partial charge in [0.25, 0.3) is 5.79 Å². The summed E-state index contributed by atoms with van der Waals surface area (Å²) in [4.78, 5) is 11.8. The molecule has 8 nitrogen and oxygen atoms in total. The number of ether oxygens (including phenoxy) is 5. The molecule has 0 unspecified atom stereocenters. The molecule has 3 rings (SSSR count). The van der Waals surface area contributed by atoms with Gasteiger partial charge in [-0.15, -0.1) is 0 Å². The first-order valence-corrected chi connectivity index (χ1v) is 6.85. The van der Waals surface area contributed by atoms with E-state index < -0.39 is 47.7 Å². The smallest absolute Gasteiger partial charge is 0.369 e. The molecule has 4 atom stereocenters. The Balaban J connectivity index is 1.87. The van der Waals surface area contributed by atoms with Crippen molar-refractivity contribution in [3.05, 3.63) is 0 Å². The minimum atomic E-state index is -2.75. The fourth-order valence-electron chi connectivity index (χ4n) is 2.90. The van der Waals surface area contributed by atoms with Crippen molar-refractivity contribution in [1.29, 1.82) is 0 Å². The summed E-state index contributed by atoms with van der Waals surface area (Å²) < 4.78 is 27.4. The molecule has 3 aliphatic heterocycles. The Morgan fingerprint density at radius 3 is 2.24 bits per heavy atom. The standard InChI is InChI=1S/C13H20O8/c1-11(2)17-5-6(19-11)7-8-9(21-12(3,4)20-8)13(15,16)10(14)18-7/h6-9,15-16H,5H2,1-4H3/t6-,7+,8-,9-/m0/s1. The van der Waals surface area contributed by atoms with Gasteiger partial charge in [0.1, 0.15) is 12.2 Å². The minimum Gasteiger partial charge on any atom is -0.453 e. The summed E-state index contributed by atoms with van der Waals surface area (Å²) in [5.41, 5.74) is 0. The van der Waals surface area contributed by atoms with Crippen LogP contribution in [0.15, 0.2) is 0 Å². The lowest BCUT2D eigenvalue weighted by Crippen LogP contribution is -2.65. The van der Waals surface area contributed by atoms with E-state index in [1.54, 1.807) is 27.7 Å². The number of esters is 1. The van der Waals surface area contributed by atoms with Crippen LogP contribution in [0, 0.1) is 0 Å². The second-order valence-corrected chi connectivity index (χ2v) is 6.48. The molecule has 0 aromatic heterocycles. The molecule has 0 spiro atoms. The zero-order valence-corrected chi connectivity index (χ0v) is 12.4. The largest absolute Gasteiger partial charge is 0.453 e. The van der Waals surface area contributed by atoms with E-state index in [-0.39, 0.29) is 6.61 Å². The van der Waals surface area contributed by atoms with E-state index >= 15 is 0 Å². The lowest BCUT2D eigenvalue weighted by molar-refractivity contribution is -0.281. The highest BCUT2D eigenvalue weighted by atomic mass is 16.8. The van der Waals surface area contributed by atoms with Crippen LogP contribution in [0.1, 0.15) is 27.7 Å². The molecular formula is C13H20O8. The van der Waals surface area contributed by atoms with Crippen molar-refractivity contribution < 1.29 is 38.7 Å². The third kappa shape index (κ3) is 2.45. The first kappa shape index (κ1) is 15.1. The maximum absolute atomic E-state index is 11.8. The number of cyclic esters (lactones) is 1. The molecule has 8 heteroatoms. The van der Waals surface area contributed by atoms with Gasteiger partial charge in [0.05, 0.1) is 6.61 Å². The first-order valence-electron chi connectivity index (χ1n) is 6.85. The van der Waals surface area contributed by atoms with Crippen molar-refractivity contribution in [1.82, 2.24) is 0 Å². The second-order valence-electron chi connectivity index (χ2n) is 6.48. The quantitative estimate of drug-likeness (QED) is 0.482. The number of carbonyl (C=O) groups is 1. The molecule has 0 aromatic rings. The minimum absolute atomic E-state index is 0.210. The molecule has 3 heterocycles. The zero-order chi connectivity index (χ0) is 15.6. The summed E-state index contributed by atoms with van der Waals surface area (Å²) in [5, 5.41) is 19.8. The molecule has 0 amide bonds. The van der Waals surface area contributed by atoms with E-state index in [2.05, 4.69) is 0 Å². The van der Waals surface area contributed by atoms with Gasteiger partial charge in [0.15, 0.2) is 23.8 Å². The molecule has 0 bridgehead atoms. The first-order chi connectivity index (χ1) is 9.52. The average molecular weight is 304 g/mol. The second kappa shape index (κ2) is 4.37. The third-order valence-electron chi connectivity index (χ3n) is 3.79. The van der Waals surface area contributed by atoms with Crippen LogP contribution in [-0.4, -0.2) is 64.6 Å². The van der Waals surface area contributed by atoms with E-state index in [0.29, 0.717) is 0 Å². The van der Waals surface area contributed by atoms with Crippen LogP contribution < -0.4 is 0 Å². The number of fused-ring (bicyclic) bond motifs is 1. The summed E-state index contributed by atoms with van der Waals surface area (Å²) >= 11 is 0. The van der Waals surface area contributed by atoms with Gasteiger partial charge in [-0.3, -0.25) is 0 Å². The molecule has 21 heavy (non-hydrogen) atoms. The van der Waals surface area contributed by atoms with Gasteiger partial charge in [-0.05, 0) is 27.7 Å². The Bertz CT molecular complexity index is 457. The number of hydrogen-bond acceptors (Lipinski definition) is 8. The Morgan fingerprint density at radius 2 is 1.67 bits per heavy atom. The van der Waals surface area contributed by atoms with Crippen LogP contribution >= 0.6 is 0 Å². The van der Waals surface area contributed by atoms with Crippen molar-refractivity contribution in [3.63, 3.8) is 0 Å². The number of aliphatic hydroxyl groups is 2. The molecule has 0 aromatic carbocycles. The SMILES string of the molecule is CC1(C)OC[C@@H]([C@H]2OC(=O)C(O)(O)[C@H]3OC(C)(C)O[C@@H]23)O1. The van der Waals surface area contributed by atoms with Gasteiger partial charge >= 0.3 is 5.97 Å². The van der Waals surface area contributed by atoms with Crippen LogP contribution in [0.2, 0.25) is 0 Å². The Kier molecular flexibility index (Phi) is 3.15. The number of hydrogen-bond donors (Lipinski definition) is 2. The molecule has 2 N–H and O–H groups in total. The lowest BCUT2D eigenvalue weighted by atomic mass is 9.94. The molecule has 0 saturated carbocycles. The van der Waals surface area contributed by atoms with E-state index in [4.69, 9.17) is 23.7 Å². The summed E-state index contributed by atoms with van der Waals surface area (Å²) in [6, 6.07) is 0. The normalized spacial score (nSPS) is 43.4. The van der Waals surface area contributed by atoms with Gasteiger partial charge in [-0.25, -0.2) is 4.79 Å². The molecule has 0 radical (unpaired) electrons. The summed E-state index contributed by atoms with van der Waals surface area (Å²) in [7, 11) is 0.